The lowest BCUT2D eigenvalue weighted by Crippen LogP contribution is -2.32. The summed E-state index contributed by atoms with van der Waals surface area (Å²) in [7, 11) is 0. The molecule has 1 amide bonds. The number of hydrogen-bond acceptors (Lipinski definition) is 5. The average molecular weight is 303 g/mol. The molecule has 2 aromatic heterocycles. The van der Waals surface area contributed by atoms with Gasteiger partial charge in [0.15, 0.2) is 0 Å². The summed E-state index contributed by atoms with van der Waals surface area (Å²) in [4.78, 5) is 20.5. The molecule has 1 aliphatic rings. The Morgan fingerprint density at radius 2 is 2.48 bits per heavy atom. The van der Waals surface area contributed by atoms with E-state index >= 15 is 0 Å². The fraction of sp³-hybridized carbons (Fsp3) is 0.400. The predicted molar refractivity (Wildman–Crippen MR) is 81.0 cm³/mol. The van der Waals surface area contributed by atoms with Gasteiger partial charge in [0.25, 0.3) is 0 Å². The van der Waals surface area contributed by atoms with Gasteiger partial charge in [0.2, 0.25) is 5.91 Å². The van der Waals surface area contributed by atoms with Gasteiger partial charge in [0, 0.05) is 36.5 Å². The van der Waals surface area contributed by atoms with Crippen molar-refractivity contribution in [2.75, 3.05) is 13.2 Å². The van der Waals surface area contributed by atoms with Crippen molar-refractivity contribution in [3.8, 4) is 10.6 Å². The Hall–Kier alpha value is -1.79. The van der Waals surface area contributed by atoms with E-state index in [0.29, 0.717) is 13.0 Å². The van der Waals surface area contributed by atoms with Gasteiger partial charge >= 0.3 is 0 Å². The molecule has 1 atom stereocenters. The van der Waals surface area contributed by atoms with Crippen LogP contribution in [0.2, 0.25) is 0 Å². The second-order valence-corrected chi connectivity index (χ2v) is 5.86. The van der Waals surface area contributed by atoms with Crippen LogP contribution in [0.3, 0.4) is 0 Å². The highest BCUT2D eigenvalue weighted by Gasteiger charge is 2.16. The molecule has 0 aliphatic carbocycles. The van der Waals surface area contributed by atoms with Crippen LogP contribution in [0.4, 0.5) is 0 Å². The Bertz CT molecular complexity index is 594. The number of rotatable bonds is 5. The molecule has 0 radical (unpaired) electrons. The first kappa shape index (κ1) is 14.2. The summed E-state index contributed by atoms with van der Waals surface area (Å²) in [6.07, 6.45) is 6.11. The summed E-state index contributed by atoms with van der Waals surface area (Å²) in [5.41, 5.74) is 1.78. The number of hydrogen-bond donors (Lipinski definition) is 1. The number of thiazole rings is 1. The monoisotopic (exact) mass is 303 g/mol. The van der Waals surface area contributed by atoms with Gasteiger partial charge in [-0.25, -0.2) is 4.98 Å². The highest BCUT2D eigenvalue weighted by Crippen LogP contribution is 2.22. The second-order valence-electron chi connectivity index (χ2n) is 5.00. The Labute approximate surface area is 127 Å². The van der Waals surface area contributed by atoms with Crippen LogP contribution >= 0.6 is 11.3 Å². The van der Waals surface area contributed by atoms with E-state index in [0.717, 1.165) is 35.7 Å². The van der Waals surface area contributed by atoms with E-state index in [1.807, 2.05) is 17.5 Å². The smallest absolute Gasteiger partial charge is 0.226 e. The molecule has 5 nitrogen and oxygen atoms in total. The van der Waals surface area contributed by atoms with Crippen molar-refractivity contribution in [2.45, 2.75) is 25.4 Å². The first-order valence-electron chi connectivity index (χ1n) is 7.04. The summed E-state index contributed by atoms with van der Waals surface area (Å²) >= 11 is 1.53. The highest BCUT2D eigenvalue weighted by molar-refractivity contribution is 7.13. The van der Waals surface area contributed by atoms with Gasteiger partial charge < -0.3 is 10.1 Å². The van der Waals surface area contributed by atoms with Crippen LogP contribution in [-0.4, -0.2) is 35.1 Å². The summed E-state index contributed by atoms with van der Waals surface area (Å²) in [6.45, 7) is 1.40. The lowest BCUT2D eigenvalue weighted by molar-refractivity contribution is -0.121. The van der Waals surface area contributed by atoms with Gasteiger partial charge in [-0.15, -0.1) is 11.3 Å². The van der Waals surface area contributed by atoms with Gasteiger partial charge in [-0.05, 0) is 25.0 Å². The molecular weight excluding hydrogens is 286 g/mol. The third-order valence-corrected chi connectivity index (χ3v) is 4.29. The number of amides is 1. The normalized spacial score (nSPS) is 17.8. The number of nitrogens with one attached hydrogen (secondary N) is 1. The van der Waals surface area contributed by atoms with Crippen molar-refractivity contribution in [2.24, 2.45) is 0 Å². The maximum Gasteiger partial charge on any atom is 0.226 e. The molecule has 3 heterocycles. The van der Waals surface area contributed by atoms with Gasteiger partial charge in [-0.1, -0.05) is 0 Å². The average Bonchev–Trinajstić information content (AvgIpc) is 3.17. The standard InChI is InChI=1S/C15H17N3O2S/c19-14(17-9-13-4-2-6-20-13)7-12-10-21-15(18-12)11-3-1-5-16-8-11/h1,3,5,8,10,13H,2,4,6-7,9H2,(H,17,19). The molecule has 6 heteroatoms. The molecular formula is C15H17N3O2S. The topological polar surface area (TPSA) is 64.1 Å². The lowest BCUT2D eigenvalue weighted by atomic mass is 10.2. The molecule has 1 saturated heterocycles. The quantitative estimate of drug-likeness (QED) is 0.918. The van der Waals surface area contributed by atoms with E-state index in [2.05, 4.69) is 15.3 Å². The molecule has 0 aromatic carbocycles. The van der Waals surface area contributed by atoms with Crippen LogP contribution in [0.1, 0.15) is 18.5 Å². The van der Waals surface area contributed by atoms with Crippen molar-refractivity contribution in [3.05, 3.63) is 35.6 Å². The molecule has 1 N–H and O–H groups in total. The zero-order valence-electron chi connectivity index (χ0n) is 11.6. The molecule has 1 unspecified atom stereocenters. The minimum atomic E-state index is -0.00598. The number of aromatic nitrogens is 2. The van der Waals surface area contributed by atoms with Gasteiger partial charge in [0.1, 0.15) is 5.01 Å². The number of ether oxygens (including phenoxy) is 1. The van der Waals surface area contributed by atoms with E-state index in [9.17, 15) is 4.79 Å². The Balaban J connectivity index is 1.53. The zero-order valence-corrected chi connectivity index (χ0v) is 12.4. The van der Waals surface area contributed by atoms with Crippen LogP contribution < -0.4 is 5.32 Å². The molecule has 1 fully saturated rings. The highest BCUT2D eigenvalue weighted by atomic mass is 32.1. The fourth-order valence-electron chi connectivity index (χ4n) is 2.27. The van der Waals surface area contributed by atoms with E-state index in [4.69, 9.17) is 4.74 Å². The minimum Gasteiger partial charge on any atom is -0.376 e. The SMILES string of the molecule is O=C(Cc1csc(-c2cccnc2)n1)NCC1CCCO1. The first-order chi connectivity index (χ1) is 10.3. The summed E-state index contributed by atoms with van der Waals surface area (Å²) in [6, 6.07) is 3.85. The van der Waals surface area contributed by atoms with E-state index in [1.54, 1.807) is 12.4 Å². The number of nitrogens with zero attached hydrogens (tertiary/aromatic N) is 2. The molecule has 3 rings (SSSR count). The molecule has 0 spiro atoms. The Kier molecular flexibility index (Phi) is 4.57. The molecule has 1 aliphatic heterocycles. The number of carbonyl (C=O) groups is 1. The molecule has 0 bridgehead atoms. The van der Waals surface area contributed by atoms with Gasteiger partial charge in [-0.3, -0.25) is 9.78 Å². The van der Waals surface area contributed by atoms with Crippen LogP contribution in [0.5, 0.6) is 0 Å². The fourth-order valence-corrected chi connectivity index (χ4v) is 3.08. The largest absolute Gasteiger partial charge is 0.376 e. The van der Waals surface area contributed by atoms with Crippen molar-refractivity contribution in [3.63, 3.8) is 0 Å². The van der Waals surface area contributed by atoms with Crippen LogP contribution in [0, 0.1) is 0 Å². The number of carbonyl (C=O) groups excluding carboxylic acids is 1. The maximum absolute atomic E-state index is 11.9. The maximum atomic E-state index is 11.9. The van der Waals surface area contributed by atoms with Crippen LogP contribution in [-0.2, 0) is 16.0 Å². The molecule has 0 saturated carbocycles. The van der Waals surface area contributed by atoms with Crippen molar-refractivity contribution in [1.29, 1.82) is 0 Å². The molecule has 21 heavy (non-hydrogen) atoms. The van der Waals surface area contributed by atoms with E-state index in [1.165, 1.54) is 11.3 Å². The number of pyridine rings is 1. The second kappa shape index (κ2) is 6.78. The van der Waals surface area contributed by atoms with Crippen molar-refractivity contribution >= 4 is 17.2 Å². The third kappa shape index (κ3) is 3.86. The van der Waals surface area contributed by atoms with Gasteiger partial charge in [-0.2, -0.15) is 0 Å². The summed E-state index contributed by atoms with van der Waals surface area (Å²) < 4.78 is 5.48. The predicted octanol–water partition coefficient (Wildman–Crippen LogP) is 2.04. The lowest BCUT2D eigenvalue weighted by Gasteiger charge is -2.09. The third-order valence-electron chi connectivity index (χ3n) is 3.35. The molecule has 2 aromatic rings. The first-order valence-corrected chi connectivity index (χ1v) is 7.92. The van der Waals surface area contributed by atoms with Crippen LogP contribution in [0.25, 0.3) is 10.6 Å². The van der Waals surface area contributed by atoms with Gasteiger partial charge in [0.05, 0.1) is 18.2 Å². The Morgan fingerprint density at radius 1 is 1.52 bits per heavy atom. The van der Waals surface area contributed by atoms with Crippen molar-refractivity contribution < 1.29 is 9.53 Å². The molecule has 110 valence electrons. The van der Waals surface area contributed by atoms with E-state index < -0.39 is 0 Å². The summed E-state index contributed by atoms with van der Waals surface area (Å²) in [5.74, 6) is -0.00598. The minimum absolute atomic E-state index is 0.00598. The Morgan fingerprint density at radius 3 is 3.24 bits per heavy atom. The van der Waals surface area contributed by atoms with E-state index in [-0.39, 0.29) is 12.0 Å². The zero-order chi connectivity index (χ0) is 14.5. The van der Waals surface area contributed by atoms with Crippen molar-refractivity contribution in [1.82, 2.24) is 15.3 Å². The van der Waals surface area contributed by atoms with Crippen LogP contribution in [0.15, 0.2) is 29.9 Å². The summed E-state index contributed by atoms with van der Waals surface area (Å²) in [5, 5.41) is 5.73.